The number of nitrogens with one attached hydrogen (secondary N) is 1. The zero-order valence-corrected chi connectivity index (χ0v) is 9.62. The van der Waals surface area contributed by atoms with E-state index in [-0.39, 0.29) is 12.1 Å². The van der Waals surface area contributed by atoms with Crippen LogP contribution in [-0.2, 0) is 0 Å². The molecule has 0 aromatic heterocycles. The van der Waals surface area contributed by atoms with Crippen LogP contribution in [0.3, 0.4) is 0 Å². The molecule has 1 aromatic rings. The lowest BCUT2D eigenvalue weighted by Gasteiger charge is -2.30. The molecule has 0 amide bonds. The first kappa shape index (κ1) is 11.9. The molecule has 2 rings (SSSR count). The molecule has 4 heteroatoms. The zero-order valence-electron chi connectivity index (χ0n) is 9.62. The number of nitrogens with two attached hydrogens (primary N) is 1. The van der Waals surface area contributed by atoms with Crippen molar-refractivity contribution in [1.82, 2.24) is 0 Å². The molecule has 0 saturated heterocycles. The molecular weight excluding hydrogens is 217 g/mol. The highest BCUT2D eigenvalue weighted by molar-refractivity contribution is 5.50. The van der Waals surface area contributed by atoms with Gasteiger partial charge in [0.25, 0.3) is 0 Å². The molecule has 1 aliphatic carbocycles. The van der Waals surface area contributed by atoms with Crippen LogP contribution in [0.2, 0.25) is 0 Å². The molecular formula is C13H16FN3. The van der Waals surface area contributed by atoms with Crippen LogP contribution < -0.4 is 11.1 Å². The van der Waals surface area contributed by atoms with Gasteiger partial charge < -0.3 is 11.1 Å². The molecule has 0 spiro atoms. The summed E-state index contributed by atoms with van der Waals surface area (Å²) >= 11 is 0. The first-order valence-corrected chi connectivity index (χ1v) is 5.92. The van der Waals surface area contributed by atoms with Crippen molar-refractivity contribution in [2.24, 2.45) is 5.73 Å². The van der Waals surface area contributed by atoms with Crippen molar-refractivity contribution in [2.45, 2.75) is 37.8 Å². The van der Waals surface area contributed by atoms with E-state index in [1.807, 2.05) is 6.07 Å². The lowest BCUT2D eigenvalue weighted by atomic mass is 9.91. The van der Waals surface area contributed by atoms with Gasteiger partial charge in [-0.25, -0.2) is 4.39 Å². The molecule has 3 N–H and O–H groups in total. The number of halogens is 1. The summed E-state index contributed by atoms with van der Waals surface area (Å²) in [6, 6.07) is 6.52. The van der Waals surface area contributed by atoms with Gasteiger partial charge in [0.2, 0.25) is 0 Å². The van der Waals surface area contributed by atoms with Gasteiger partial charge in [0.15, 0.2) is 0 Å². The van der Waals surface area contributed by atoms with Gasteiger partial charge in [-0.15, -0.1) is 0 Å². The Morgan fingerprint density at radius 3 is 2.76 bits per heavy atom. The highest BCUT2D eigenvalue weighted by atomic mass is 19.1. The van der Waals surface area contributed by atoms with Crippen LogP contribution in [0.15, 0.2) is 18.2 Å². The summed E-state index contributed by atoms with van der Waals surface area (Å²) in [5.41, 5.74) is 6.99. The number of benzene rings is 1. The maximum atomic E-state index is 13.2. The minimum atomic E-state index is -0.393. The number of rotatable bonds is 2. The maximum Gasteiger partial charge on any atom is 0.126 e. The van der Waals surface area contributed by atoms with Crippen molar-refractivity contribution in [3.05, 3.63) is 29.6 Å². The van der Waals surface area contributed by atoms with Crippen LogP contribution in [0.4, 0.5) is 10.1 Å². The second-order valence-electron chi connectivity index (χ2n) is 4.54. The summed E-state index contributed by atoms with van der Waals surface area (Å²) < 4.78 is 13.2. The Kier molecular flexibility index (Phi) is 3.60. The van der Waals surface area contributed by atoms with Crippen molar-refractivity contribution < 1.29 is 4.39 Å². The number of nitriles is 1. The van der Waals surface area contributed by atoms with E-state index in [1.54, 1.807) is 6.07 Å². The highest BCUT2D eigenvalue weighted by Crippen LogP contribution is 2.22. The predicted octanol–water partition coefficient (Wildman–Crippen LogP) is 2.38. The van der Waals surface area contributed by atoms with Gasteiger partial charge in [0.1, 0.15) is 5.82 Å². The molecule has 0 aliphatic heterocycles. The number of hydrogen-bond acceptors (Lipinski definition) is 3. The van der Waals surface area contributed by atoms with E-state index in [0.29, 0.717) is 11.3 Å². The molecule has 90 valence electrons. The van der Waals surface area contributed by atoms with Crippen molar-refractivity contribution in [2.75, 3.05) is 5.32 Å². The Balaban J connectivity index is 2.12. The van der Waals surface area contributed by atoms with E-state index in [4.69, 9.17) is 11.0 Å². The molecule has 1 aromatic carbocycles. The zero-order chi connectivity index (χ0) is 12.3. The summed E-state index contributed by atoms with van der Waals surface area (Å²) in [6.07, 6.45) is 4.30. The van der Waals surface area contributed by atoms with Crippen LogP contribution in [-0.4, -0.2) is 12.1 Å². The topological polar surface area (TPSA) is 61.8 Å². The van der Waals surface area contributed by atoms with Crippen LogP contribution in [0.5, 0.6) is 0 Å². The Morgan fingerprint density at radius 1 is 1.29 bits per heavy atom. The van der Waals surface area contributed by atoms with Crippen LogP contribution >= 0.6 is 0 Å². The average Bonchev–Trinajstić information content (AvgIpc) is 2.31. The third kappa shape index (κ3) is 2.95. The van der Waals surface area contributed by atoms with Gasteiger partial charge in [0, 0.05) is 17.8 Å². The summed E-state index contributed by atoms with van der Waals surface area (Å²) in [7, 11) is 0. The van der Waals surface area contributed by atoms with Gasteiger partial charge in [-0.05, 0) is 31.0 Å². The standard InChI is InChI=1S/C13H16FN3/c14-10-5-9(8-15)6-11(7-10)17-13-4-2-1-3-12(13)16/h5-7,12-13,17H,1-4,16H2. The molecule has 0 radical (unpaired) electrons. The van der Waals surface area contributed by atoms with E-state index in [9.17, 15) is 4.39 Å². The smallest absolute Gasteiger partial charge is 0.126 e. The minimum Gasteiger partial charge on any atom is -0.381 e. The predicted molar refractivity (Wildman–Crippen MR) is 65.0 cm³/mol. The van der Waals surface area contributed by atoms with Crippen LogP contribution in [0.1, 0.15) is 31.2 Å². The van der Waals surface area contributed by atoms with Gasteiger partial charge in [0.05, 0.1) is 11.6 Å². The van der Waals surface area contributed by atoms with E-state index in [1.165, 1.54) is 12.1 Å². The Bertz CT molecular complexity index is 439. The second kappa shape index (κ2) is 5.15. The number of nitrogens with zero attached hydrogens (tertiary/aromatic N) is 1. The molecule has 17 heavy (non-hydrogen) atoms. The molecule has 1 aliphatic rings. The maximum absolute atomic E-state index is 13.2. The third-order valence-electron chi connectivity index (χ3n) is 3.20. The summed E-state index contributed by atoms with van der Waals surface area (Å²) in [5.74, 6) is -0.393. The Hall–Kier alpha value is -1.60. The molecule has 0 bridgehead atoms. The van der Waals surface area contributed by atoms with Gasteiger partial charge in [-0.3, -0.25) is 0 Å². The largest absolute Gasteiger partial charge is 0.381 e. The lowest BCUT2D eigenvalue weighted by Crippen LogP contribution is -2.42. The van der Waals surface area contributed by atoms with E-state index < -0.39 is 5.82 Å². The van der Waals surface area contributed by atoms with E-state index in [2.05, 4.69) is 5.32 Å². The van der Waals surface area contributed by atoms with Crippen molar-refractivity contribution in [1.29, 1.82) is 5.26 Å². The fourth-order valence-electron chi connectivity index (χ4n) is 2.29. The minimum absolute atomic E-state index is 0.109. The molecule has 3 nitrogen and oxygen atoms in total. The van der Waals surface area contributed by atoms with Crippen molar-refractivity contribution in [3.8, 4) is 6.07 Å². The molecule has 2 unspecified atom stereocenters. The second-order valence-corrected chi connectivity index (χ2v) is 4.54. The number of hydrogen-bond donors (Lipinski definition) is 2. The molecule has 2 atom stereocenters. The molecule has 1 fully saturated rings. The summed E-state index contributed by atoms with van der Waals surface area (Å²) in [6.45, 7) is 0. The van der Waals surface area contributed by atoms with Crippen LogP contribution in [0, 0.1) is 17.1 Å². The van der Waals surface area contributed by atoms with Gasteiger partial charge >= 0.3 is 0 Å². The Labute approximate surface area is 100 Å². The first-order valence-electron chi connectivity index (χ1n) is 5.92. The van der Waals surface area contributed by atoms with Crippen molar-refractivity contribution in [3.63, 3.8) is 0 Å². The third-order valence-corrected chi connectivity index (χ3v) is 3.20. The average molecular weight is 233 g/mol. The lowest BCUT2D eigenvalue weighted by molar-refractivity contribution is 0.404. The highest BCUT2D eigenvalue weighted by Gasteiger charge is 2.21. The van der Waals surface area contributed by atoms with Crippen molar-refractivity contribution >= 4 is 5.69 Å². The normalized spacial score (nSPS) is 24.1. The van der Waals surface area contributed by atoms with Gasteiger partial charge in [-0.2, -0.15) is 5.26 Å². The summed E-state index contributed by atoms with van der Waals surface area (Å²) in [5, 5.41) is 12.0. The van der Waals surface area contributed by atoms with E-state index >= 15 is 0 Å². The van der Waals surface area contributed by atoms with E-state index in [0.717, 1.165) is 25.7 Å². The quantitative estimate of drug-likeness (QED) is 0.824. The first-order chi connectivity index (χ1) is 8.19. The summed E-state index contributed by atoms with van der Waals surface area (Å²) in [4.78, 5) is 0. The van der Waals surface area contributed by atoms with Gasteiger partial charge in [-0.1, -0.05) is 12.8 Å². The fraction of sp³-hybridized carbons (Fsp3) is 0.462. The molecule has 1 saturated carbocycles. The molecule has 0 heterocycles. The number of anilines is 1. The monoisotopic (exact) mass is 233 g/mol. The Morgan fingerprint density at radius 2 is 2.06 bits per heavy atom. The fourth-order valence-corrected chi connectivity index (χ4v) is 2.29. The van der Waals surface area contributed by atoms with Crippen LogP contribution in [0.25, 0.3) is 0 Å². The SMILES string of the molecule is N#Cc1cc(F)cc(NC2CCCCC2N)c1.